The molecule has 2 aliphatic heterocycles. The molecule has 37 heavy (non-hydrogen) atoms. The van der Waals surface area contributed by atoms with Gasteiger partial charge < -0.3 is 24.4 Å². The van der Waals surface area contributed by atoms with Crippen LogP contribution in [0.2, 0.25) is 0 Å². The molecule has 2 heterocycles. The van der Waals surface area contributed by atoms with Gasteiger partial charge in [-0.2, -0.15) is 0 Å². The first kappa shape index (κ1) is 26.5. The Hall–Kier alpha value is -3.59. The smallest absolute Gasteiger partial charge is 0.417 e. The molecule has 0 bridgehead atoms. The van der Waals surface area contributed by atoms with E-state index in [1.165, 1.54) is 4.90 Å². The Bertz CT molecular complexity index is 1070. The van der Waals surface area contributed by atoms with Gasteiger partial charge in [-0.1, -0.05) is 30.3 Å². The van der Waals surface area contributed by atoms with Crippen molar-refractivity contribution in [1.29, 1.82) is 0 Å². The number of nitrogens with zero attached hydrogens (tertiary/aromatic N) is 2. The van der Waals surface area contributed by atoms with Crippen LogP contribution in [0.4, 0.5) is 9.59 Å². The third-order valence-electron chi connectivity index (χ3n) is 6.24. The Kier molecular flexibility index (Phi) is 8.33. The van der Waals surface area contributed by atoms with Gasteiger partial charge in [-0.15, -0.1) is 0 Å². The third-order valence-corrected chi connectivity index (χ3v) is 6.24. The van der Waals surface area contributed by atoms with Crippen molar-refractivity contribution in [3.05, 3.63) is 65.7 Å². The van der Waals surface area contributed by atoms with Gasteiger partial charge in [-0.3, -0.25) is 4.79 Å². The molecule has 2 aliphatic rings. The largest absolute Gasteiger partial charge is 0.490 e. The molecule has 0 radical (unpaired) electrons. The van der Waals surface area contributed by atoms with Crippen molar-refractivity contribution in [3.8, 4) is 5.75 Å². The van der Waals surface area contributed by atoms with Crippen molar-refractivity contribution in [2.45, 2.75) is 58.0 Å². The molecule has 0 saturated carbocycles. The highest BCUT2D eigenvalue weighted by molar-refractivity contribution is 6.03. The van der Waals surface area contributed by atoms with Crippen LogP contribution in [0, 0.1) is 0 Å². The second-order valence-corrected chi connectivity index (χ2v) is 10.3. The Morgan fingerprint density at radius 3 is 2.19 bits per heavy atom. The summed E-state index contributed by atoms with van der Waals surface area (Å²) in [7, 11) is 0. The zero-order valence-corrected chi connectivity index (χ0v) is 21.6. The monoisotopic (exact) mass is 509 g/mol. The topological polar surface area (TPSA) is 97.4 Å². The predicted molar refractivity (Wildman–Crippen MR) is 137 cm³/mol. The Balaban J connectivity index is 1.31. The minimum absolute atomic E-state index is 0.0363. The highest BCUT2D eigenvalue weighted by Crippen LogP contribution is 2.22. The van der Waals surface area contributed by atoms with Crippen LogP contribution in [0.3, 0.4) is 0 Å². The van der Waals surface area contributed by atoms with E-state index in [9.17, 15) is 14.4 Å². The molecule has 2 aromatic carbocycles. The van der Waals surface area contributed by atoms with Gasteiger partial charge in [0.25, 0.3) is 5.91 Å². The van der Waals surface area contributed by atoms with Crippen LogP contribution in [0.15, 0.2) is 54.6 Å². The number of amides is 3. The maximum Gasteiger partial charge on any atom is 0.417 e. The van der Waals surface area contributed by atoms with Gasteiger partial charge in [-0.25, -0.2) is 14.5 Å². The lowest BCUT2D eigenvalue weighted by atomic mass is 10.1. The second kappa shape index (κ2) is 11.6. The molecule has 3 amide bonds. The van der Waals surface area contributed by atoms with Crippen LogP contribution >= 0.6 is 0 Å². The molecule has 198 valence electrons. The van der Waals surface area contributed by atoms with Crippen molar-refractivity contribution in [2.75, 3.05) is 26.2 Å². The van der Waals surface area contributed by atoms with E-state index in [1.54, 1.807) is 29.2 Å². The molecule has 9 nitrogen and oxygen atoms in total. The van der Waals surface area contributed by atoms with Gasteiger partial charge in [0, 0.05) is 44.6 Å². The third kappa shape index (κ3) is 7.22. The number of rotatable bonds is 6. The number of hydrogen-bond acceptors (Lipinski definition) is 7. The SMILES string of the molecule is CC(C)(C)OC(=O)N1CCC(Oc2ccc(C(=O)N(C(=O)OCc3ccccc3)C3CNC3)cc2)CC1. The lowest BCUT2D eigenvalue weighted by Crippen LogP contribution is -2.60. The zero-order valence-electron chi connectivity index (χ0n) is 21.6. The molecule has 0 atom stereocenters. The number of likely N-dealkylation sites (tertiary alicyclic amines) is 1. The summed E-state index contributed by atoms with van der Waals surface area (Å²) in [6.45, 7) is 7.85. The van der Waals surface area contributed by atoms with Crippen LogP contribution in [0.25, 0.3) is 0 Å². The summed E-state index contributed by atoms with van der Waals surface area (Å²) in [6, 6.07) is 15.9. The van der Waals surface area contributed by atoms with Gasteiger partial charge in [0.1, 0.15) is 24.1 Å². The summed E-state index contributed by atoms with van der Waals surface area (Å²) in [4.78, 5) is 41.2. The van der Waals surface area contributed by atoms with E-state index in [1.807, 2.05) is 51.1 Å². The molecule has 0 spiro atoms. The maximum atomic E-state index is 13.2. The van der Waals surface area contributed by atoms with E-state index in [4.69, 9.17) is 14.2 Å². The summed E-state index contributed by atoms with van der Waals surface area (Å²) in [5.41, 5.74) is 0.719. The summed E-state index contributed by atoms with van der Waals surface area (Å²) < 4.78 is 17.0. The molecular formula is C28H35N3O6. The number of imide groups is 1. The normalized spacial score (nSPS) is 16.5. The molecule has 2 aromatic rings. The molecule has 1 N–H and O–H groups in total. The van der Waals surface area contributed by atoms with E-state index in [0.717, 1.165) is 5.56 Å². The first-order valence-corrected chi connectivity index (χ1v) is 12.7. The van der Waals surface area contributed by atoms with Crippen molar-refractivity contribution in [2.24, 2.45) is 0 Å². The Labute approximate surface area is 217 Å². The molecule has 4 rings (SSSR count). The van der Waals surface area contributed by atoms with E-state index in [0.29, 0.717) is 50.3 Å². The predicted octanol–water partition coefficient (Wildman–Crippen LogP) is 4.22. The fourth-order valence-electron chi connectivity index (χ4n) is 4.13. The average Bonchev–Trinajstić information content (AvgIpc) is 2.85. The number of hydrogen-bond donors (Lipinski definition) is 1. The van der Waals surface area contributed by atoms with Crippen LogP contribution in [-0.2, 0) is 16.1 Å². The number of benzene rings is 2. The van der Waals surface area contributed by atoms with Crippen molar-refractivity contribution >= 4 is 18.1 Å². The van der Waals surface area contributed by atoms with Crippen molar-refractivity contribution in [1.82, 2.24) is 15.1 Å². The second-order valence-electron chi connectivity index (χ2n) is 10.3. The van der Waals surface area contributed by atoms with Crippen molar-refractivity contribution in [3.63, 3.8) is 0 Å². The summed E-state index contributed by atoms with van der Waals surface area (Å²) >= 11 is 0. The molecule has 0 aromatic heterocycles. The lowest BCUT2D eigenvalue weighted by Gasteiger charge is -2.36. The zero-order chi connectivity index (χ0) is 26.4. The molecule has 0 aliphatic carbocycles. The number of ether oxygens (including phenoxy) is 3. The summed E-state index contributed by atoms with van der Waals surface area (Å²) in [6.07, 6.45) is 0.385. The quantitative estimate of drug-likeness (QED) is 0.623. The summed E-state index contributed by atoms with van der Waals surface area (Å²) in [5.74, 6) is 0.234. The molecule has 9 heteroatoms. The Morgan fingerprint density at radius 2 is 1.62 bits per heavy atom. The van der Waals surface area contributed by atoms with E-state index in [2.05, 4.69) is 5.32 Å². The number of piperidine rings is 1. The molecule has 2 saturated heterocycles. The molecule has 0 unspecified atom stereocenters. The number of carbonyl (C=O) groups is 3. The minimum Gasteiger partial charge on any atom is -0.490 e. The molecular weight excluding hydrogens is 474 g/mol. The first-order chi connectivity index (χ1) is 17.7. The maximum absolute atomic E-state index is 13.2. The van der Waals surface area contributed by atoms with E-state index in [-0.39, 0.29) is 24.8 Å². The fourth-order valence-corrected chi connectivity index (χ4v) is 4.13. The van der Waals surface area contributed by atoms with Gasteiger partial charge >= 0.3 is 12.2 Å². The highest BCUT2D eigenvalue weighted by atomic mass is 16.6. The van der Waals surface area contributed by atoms with Crippen LogP contribution in [-0.4, -0.2) is 71.8 Å². The lowest BCUT2D eigenvalue weighted by molar-refractivity contribution is 0.0126. The first-order valence-electron chi connectivity index (χ1n) is 12.7. The number of carbonyl (C=O) groups excluding carboxylic acids is 3. The summed E-state index contributed by atoms with van der Waals surface area (Å²) in [5, 5.41) is 3.10. The van der Waals surface area contributed by atoms with Crippen LogP contribution in [0.1, 0.15) is 49.5 Å². The highest BCUT2D eigenvalue weighted by Gasteiger charge is 2.35. The fraction of sp³-hybridized carbons (Fsp3) is 0.464. The average molecular weight is 510 g/mol. The van der Waals surface area contributed by atoms with E-state index >= 15 is 0 Å². The van der Waals surface area contributed by atoms with Gasteiger partial charge in [0.05, 0.1) is 6.04 Å². The van der Waals surface area contributed by atoms with Crippen molar-refractivity contribution < 1.29 is 28.6 Å². The van der Waals surface area contributed by atoms with Crippen LogP contribution in [0.5, 0.6) is 5.75 Å². The van der Waals surface area contributed by atoms with Crippen LogP contribution < -0.4 is 10.1 Å². The number of nitrogens with one attached hydrogen (secondary N) is 1. The van der Waals surface area contributed by atoms with Gasteiger partial charge in [0.2, 0.25) is 0 Å². The Morgan fingerprint density at radius 1 is 0.973 bits per heavy atom. The van der Waals surface area contributed by atoms with Gasteiger partial charge in [-0.05, 0) is 50.6 Å². The minimum atomic E-state index is -0.655. The standard InChI is InChI=1S/C28H35N3O6/c1-28(2,3)37-26(33)30-15-13-24(14-16-30)36-23-11-9-21(10-12-23)25(32)31(22-17-29-18-22)27(34)35-19-20-7-5-4-6-8-20/h4-12,22,24,29H,13-19H2,1-3H3. The van der Waals surface area contributed by atoms with Gasteiger partial charge in [0.15, 0.2) is 0 Å². The van der Waals surface area contributed by atoms with E-state index < -0.39 is 17.6 Å². The molecule has 2 fully saturated rings.